The largest absolute Gasteiger partial charge is 0.300 e. The number of aromatic nitrogens is 3. The first-order valence-electron chi connectivity index (χ1n) is 5.59. The van der Waals surface area contributed by atoms with E-state index < -0.39 is 0 Å². The summed E-state index contributed by atoms with van der Waals surface area (Å²) in [6.07, 6.45) is 1.90. The topological polar surface area (TPSA) is 33.6 Å². The molecule has 1 N–H and O–H groups in total. The maximum absolute atomic E-state index is 12.8. The van der Waals surface area contributed by atoms with Gasteiger partial charge in [-0.1, -0.05) is 19.1 Å². The lowest BCUT2D eigenvalue weighted by atomic mass is 10.2. The van der Waals surface area contributed by atoms with Gasteiger partial charge in [0.25, 0.3) is 0 Å². The Morgan fingerprint density at radius 3 is 2.71 bits per heavy atom. The zero-order valence-electron chi connectivity index (χ0n) is 9.61. The average Bonchev–Trinajstić information content (AvgIpc) is 2.65. The third kappa shape index (κ3) is 2.79. The van der Waals surface area contributed by atoms with Crippen molar-refractivity contribution in [1.29, 1.82) is 0 Å². The fourth-order valence-corrected chi connectivity index (χ4v) is 1.92. The molecule has 0 aliphatic rings. The summed E-state index contributed by atoms with van der Waals surface area (Å²) >= 11 is 5.18. The summed E-state index contributed by atoms with van der Waals surface area (Å²) in [7, 11) is 0. The minimum Gasteiger partial charge on any atom is -0.300 e. The van der Waals surface area contributed by atoms with Crippen LogP contribution in [0.3, 0.4) is 0 Å². The van der Waals surface area contributed by atoms with Gasteiger partial charge >= 0.3 is 0 Å². The molecule has 0 aliphatic heterocycles. The third-order valence-electron chi connectivity index (χ3n) is 2.56. The van der Waals surface area contributed by atoms with Crippen molar-refractivity contribution < 1.29 is 4.39 Å². The number of nitrogens with zero attached hydrogens (tertiary/aromatic N) is 2. The van der Waals surface area contributed by atoms with E-state index in [-0.39, 0.29) is 5.82 Å². The Bertz CT molecular complexity index is 542. The summed E-state index contributed by atoms with van der Waals surface area (Å²) < 4.78 is 15.4. The van der Waals surface area contributed by atoms with Crippen molar-refractivity contribution in [1.82, 2.24) is 14.8 Å². The molecule has 0 bridgehead atoms. The molecule has 0 unspecified atom stereocenters. The van der Waals surface area contributed by atoms with Crippen LogP contribution >= 0.6 is 12.2 Å². The third-order valence-corrected chi connectivity index (χ3v) is 2.88. The van der Waals surface area contributed by atoms with Gasteiger partial charge in [-0.3, -0.25) is 9.67 Å². The zero-order valence-corrected chi connectivity index (χ0v) is 10.4. The molecule has 3 nitrogen and oxygen atoms in total. The number of aryl methyl sites for hydroxylation is 1. The zero-order chi connectivity index (χ0) is 12.3. The van der Waals surface area contributed by atoms with Gasteiger partial charge in [0.2, 0.25) is 0 Å². The Morgan fingerprint density at radius 2 is 2.06 bits per heavy atom. The summed E-state index contributed by atoms with van der Waals surface area (Å²) in [5, 5.41) is 6.99. The van der Waals surface area contributed by atoms with Crippen molar-refractivity contribution >= 4 is 12.2 Å². The Balaban J connectivity index is 2.26. The second-order valence-electron chi connectivity index (χ2n) is 3.91. The van der Waals surface area contributed by atoms with E-state index >= 15 is 0 Å². The molecule has 5 heteroatoms. The summed E-state index contributed by atoms with van der Waals surface area (Å²) in [6.45, 7) is 2.73. The Kier molecular flexibility index (Phi) is 3.68. The molecule has 0 atom stereocenters. The van der Waals surface area contributed by atoms with E-state index in [1.54, 1.807) is 12.1 Å². The second-order valence-corrected chi connectivity index (χ2v) is 4.29. The molecule has 0 aliphatic carbocycles. The maximum Gasteiger partial charge on any atom is 0.195 e. The normalized spacial score (nSPS) is 10.7. The minimum atomic E-state index is -0.224. The van der Waals surface area contributed by atoms with Crippen molar-refractivity contribution in [3.8, 4) is 0 Å². The van der Waals surface area contributed by atoms with Gasteiger partial charge in [0.05, 0.1) is 6.54 Å². The summed E-state index contributed by atoms with van der Waals surface area (Å²) in [5.74, 6) is 0.722. The predicted molar refractivity (Wildman–Crippen MR) is 66.9 cm³/mol. The van der Waals surface area contributed by atoms with Crippen molar-refractivity contribution in [2.75, 3.05) is 0 Å². The number of benzene rings is 1. The maximum atomic E-state index is 12.8. The Labute approximate surface area is 104 Å². The molecule has 90 valence electrons. The molecule has 2 rings (SSSR count). The van der Waals surface area contributed by atoms with Crippen LogP contribution in [0, 0.1) is 10.6 Å². The molecule has 1 aromatic carbocycles. The highest BCUT2D eigenvalue weighted by Crippen LogP contribution is 2.08. The summed E-state index contributed by atoms with van der Waals surface area (Å²) in [4.78, 5) is 0. The molecule has 2 aromatic rings. The van der Waals surface area contributed by atoms with Crippen molar-refractivity contribution in [3.63, 3.8) is 0 Å². The fraction of sp³-hybridized carbons (Fsp3) is 0.333. The first-order chi connectivity index (χ1) is 8.20. The summed E-state index contributed by atoms with van der Waals surface area (Å²) in [6, 6.07) is 6.44. The van der Waals surface area contributed by atoms with Crippen LogP contribution < -0.4 is 0 Å². The van der Waals surface area contributed by atoms with Gasteiger partial charge in [-0.15, -0.1) is 0 Å². The highest BCUT2D eigenvalue weighted by molar-refractivity contribution is 7.71. The number of hydrogen-bond donors (Lipinski definition) is 1. The van der Waals surface area contributed by atoms with Gasteiger partial charge in [-0.25, -0.2) is 4.39 Å². The Hall–Kier alpha value is -1.49. The van der Waals surface area contributed by atoms with E-state index in [2.05, 4.69) is 17.1 Å². The van der Waals surface area contributed by atoms with Crippen LogP contribution in [0.2, 0.25) is 0 Å². The number of hydrogen-bond acceptors (Lipinski definition) is 2. The molecule has 0 amide bonds. The van der Waals surface area contributed by atoms with E-state index in [0.29, 0.717) is 11.3 Å². The molecular weight excluding hydrogens is 237 g/mol. The van der Waals surface area contributed by atoms with Crippen LogP contribution in [0.25, 0.3) is 0 Å². The van der Waals surface area contributed by atoms with Crippen molar-refractivity contribution in [2.45, 2.75) is 26.3 Å². The summed E-state index contributed by atoms with van der Waals surface area (Å²) in [5.41, 5.74) is 1.02. The first kappa shape index (κ1) is 12.0. The van der Waals surface area contributed by atoms with Crippen molar-refractivity contribution in [3.05, 3.63) is 46.2 Å². The quantitative estimate of drug-likeness (QED) is 0.847. The van der Waals surface area contributed by atoms with Crippen LogP contribution in [-0.4, -0.2) is 14.8 Å². The van der Waals surface area contributed by atoms with Crippen LogP contribution in [0.1, 0.15) is 24.7 Å². The molecule has 0 saturated carbocycles. The lowest BCUT2D eigenvalue weighted by Gasteiger charge is -2.06. The lowest BCUT2D eigenvalue weighted by Crippen LogP contribution is -2.05. The molecule has 0 radical (unpaired) electrons. The van der Waals surface area contributed by atoms with Gasteiger partial charge in [-0.05, 0) is 36.3 Å². The number of H-pyrrole nitrogens is 1. The molecule has 17 heavy (non-hydrogen) atoms. The van der Waals surface area contributed by atoms with E-state index in [1.165, 1.54) is 12.1 Å². The molecule has 1 heterocycles. The standard InChI is InChI=1S/C12H14FN3S/c1-2-3-11-14-15-12(17)16(11)8-9-4-6-10(13)7-5-9/h4-7H,2-3,8H2,1H3,(H,15,17). The van der Waals surface area contributed by atoms with Gasteiger partial charge in [0.15, 0.2) is 4.77 Å². The first-order valence-corrected chi connectivity index (χ1v) is 6.00. The van der Waals surface area contributed by atoms with Gasteiger partial charge < -0.3 is 0 Å². The SMILES string of the molecule is CCCc1n[nH]c(=S)n1Cc1ccc(F)cc1. The minimum absolute atomic E-state index is 0.224. The highest BCUT2D eigenvalue weighted by atomic mass is 32.1. The second kappa shape index (κ2) is 5.23. The van der Waals surface area contributed by atoms with E-state index in [4.69, 9.17) is 12.2 Å². The van der Waals surface area contributed by atoms with Crippen LogP contribution in [0.5, 0.6) is 0 Å². The smallest absolute Gasteiger partial charge is 0.195 e. The molecule has 0 fully saturated rings. The number of aromatic amines is 1. The van der Waals surface area contributed by atoms with Crippen LogP contribution in [0.4, 0.5) is 4.39 Å². The van der Waals surface area contributed by atoms with Crippen LogP contribution in [0.15, 0.2) is 24.3 Å². The number of halogens is 1. The van der Waals surface area contributed by atoms with Gasteiger partial charge in [0.1, 0.15) is 11.6 Å². The highest BCUT2D eigenvalue weighted by Gasteiger charge is 2.05. The lowest BCUT2D eigenvalue weighted by molar-refractivity contribution is 0.625. The monoisotopic (exact) mass is 251 g/mol. The average molecular weight is 251 g/mol. The predicted octanol–water partition coefficient (Wildman–Crippen LogP) is 3.08. The molecular formula is C12H14FN3S. The van der Waals surface area contributed by atoms with Crippen LogP contribution in [-0.2, 0) is 13.0 Å². The number of rotatable bonds is 4. The van der Waals surface area contributed by atoms with E-state index in [1.807, 2.05) is 4.57 Å². The van der Waals surface area contributed by atoms with E-state index in [9.17, 15) is 4.39 Å². The Morgan fingerprint density at radius 1 is 1.35 bits per heavy atom. The molecule has 0 saturated heterocycles. The molecule has 0 spiro atoms. The van der Waals surface area contributed by atoms with Gasteiger partial charge in [0, 0.05) is 6.42 Å². The van der Waals surface area contributed by atoms with Crippen molar-refractivity contribution in [2.24, 2.45) is 0 Å². The van der Waals surface area contributed by atoms with E-state index in [0.717, 1.165) is 24.2 Å². The van der Waals surface area contributed by atoms with Gasteiger partial charge in [-0.2, -0.15) is 5.10 Å². The fourth-order valence-electron chi connectivity index (χ4n) is 1.70. The number of nitrogens with one attached hydrogen (secondary N) is 1. The molecule has 1 aromatic heterocycles.